The van der Waals surface area contributed by atoms with E-state index in [1.54, 1.807) is 0 Å². The topological polar surface area (TPSA) is 64.3 Å². The Labute approximate surface area is 95.8 Å². The smallest absolute Gasteiger partial charge is 0.224 e. The fourth-order valence-corrected chi connectivity index (χ4v) is 1.32. The van der Waals surface area contributed by atoms with Crippen LogP contribution in [0.4, 0.5) is 5.69 Å². The largest absolute Gasteiger partial charge is 0.494 e. The van der Waals surface area contributed by atoms with Gasteiger partial charge in [-0.3, -0.25) is 4.79 Å². The first kappa shape index (κ1) is 12.5. The number of nitrogens with two attached hydrogens (primary N) is 1. The highest BCUT2D eigenvalue weighted by molar-refractivity contribution is 5.90. The summed E-state index contributed by atoms with van der Waals surface area (Å²) >= 11 is 0. The first-order valence-corrected chi connectivity index (χ1v) is 5.49. The van der Waals surface area contributed by atoms with Gasteiger partial charge in [0.1, 0.15) is 5.75 Å². The molecule has 0 radical (unpaired) electrons. The Morgan fingerprint density at radius 3 is 3.00 bits per heavy atom. The maximum Gasteiger partial charge on any atom is 0.224 e. The second-order valence-electron chi connectivity index (χ2n) is 3.40. The number of nitrogens with one attached hydrogen (secondary N) is 1. The lowest BCUT2D eigenvalue weighted by molar-refractivity contribution is -0.116. The van der Waals surface area contributed by atoms with E-state index in [1.807, 2.05) is 31.2 Å². The van der Waals surface area contributed by atoms with Crippen molar-refractivity contribution in [3.63, 3.8) is 0 Å². The number of rotatable bonds is 6. The van der Waals surface area contributed by atoms with Gasteiger partial charge in [-0.2, -0.15) is 0 Å². The molecule has 1 aromatic rings. The van der Waals surface area contributed by atoms with Gasteiger partial charge in [0.05, 0.1) is 6.61 Å². The normalized spacial score (nSPS) is 9.88. The molecule has 1 amide bonds. The van der Waals surface area contributed by atoms with E-state index >= 15 is 0 Å². The number of anilines is 1. The summed E-state index contributed by atoms with van der Waals surface area (Å²) in [6.45, 7) is 3.07. The van der Waals surface area contributed by atoms with Crippen molar-refractivity contribution in [2.45, 2.75) is 19.8 Å². The van der Waals surface area contributed by atoms with Gasteiger partial charge >= 0.3 is 0 Å². The van der Waals surface area contributed by atoms with Crippen LogP contribution in [-0.4, -0.2) is 19.1 Å². The van der Waals surface area contributed by atoms with Gasteiger partial charge in [-0.25, -0.2) is 0 Å². The molecule has 0 bridgehead atoms. The average Bonchev–Trinajstić information content (AvgIpc) is 2.27. The second kappa shape index (κ2) is 6.85. The van der Waals surface area contributed by atoms with E-state index in [2.05, 4.69) is 5.32 Å². The van der Waals surface area contributed by atoms with Crippen molar-refractivity contribution in [2.75, 3.05) is 18.5 Å². The van der Waals surface area contributed by atoms with Crippen LogP contribution < -0.4 is 15.8 Å². The summed E-state index contributed by atoms with van der Waals surface area (Å²) in [4.78, 5) is 11.4. The van der Waals surface area contributed by atoms with E-state index in [4.69, 9.17) is 10.5 Å². The summed E-state index contributed by atoms with van der Waals surface area (Å²) in [5, 5.41) is 2.80. The molecule has 4 heteroatoms. The highest BCUT2D eigenvalue weighted by Gasteiger charge is 2.02. The maximum absolute atomic E-state index is 11.4. The Morgan fingerprint density at radius 2 is 2.31 bits per heavy atom. The lowest BCUT2D eigenvalue weighted by Gasteiger charge is -2.07. The van der Waals surface area contributed by atoms with Gasteiger partial charge in [-0.1, -0.05) is 6.07 Å². The van der Waals surface area contributed by atoms with Gasteiger partial charge in [-0.15, -0.1) is 0 Å². The molecule has 0 aliphatic carbocycles. The molecule has 0 unspecified atom stereocenters. The van der Waals surface area contributed by atoms with Crippen LogP contribution in [0.25, 0.3) is 0 Å². The molecule has 1 rings (SSSR count). The van der Waals surface area contributed by atoms with Crippen LogP contribution in [0.3, 0.4) is 0 Å². The quantitative estimate of drug-likeness (QED) is 0.771. The van der Waals surface area contributed by atoms with Gasteiger partial charge in [0.2, 0.25) is 5.91 Å². The number of carbonyl (C=O) groups is 1. The molecule has 0 saturated heterocycles. The number of hydrogen-bond donors (Lipinski definition) is 2. The summed E-state index contributed by atoms with van der Waals surface area (Å²) in [6, 6.07) is 7.36. The molecule has 3 N–H and O–H groups in total. The molecule has 0 spiro atoms. The van der Waals surface area contributed by atoms with Crippen molar-refractivity contribution in [1.29, 1.82) is 0 Å². The zero-order valence-corrected chi connectivity index (χ0v) is 9.53. The van der Waals surface area contributed by atoms with Crippen molar-refractivity contribution in [1.82, 2.24) is 0 Å². The van der Waals surface area contributed by atoms with E-state index in [9.17, 15) is 4.79 Å². The van der Waals surface area contributed by atoms with Crippen LogP contribution >= 0.6 is 0 Å². The predicted molar refractivity (Wildman–Crippen MR) is 64.5 cm³/mol. The number of hydrogen-bond acceptors (Lipinski definition) is 3. The van der Waals surface area contributed by atoms with E-state index in [-0.39, 0.29) is 5.91 Å². The molecule has 0 saturated carbocycles. The zero-order chi connectivity index (χ0) is 11.8. The Balaban J connectivity index is 2.52. The predicted octanol–water partition coefficient (Wildman–Crippen LogP) is 1.76. The van der Waals surface area contributed by atoms with Gasteiger partial charge < -0.3 is 15.8 Å². The van der Waals surface area contributed by atoms with Crippen molar-refractivity contribution in [2.24, 2.45) is 5.73 Å². The van der Waals surface area contributed by atoms with Crippen LogP contribution in [0, 0.1) is 0 Å². The Hall–Kier alpha value is -1.55. The Bertz CT molecular complexity index is 340. The zero-order valence-electron chi connectivity index (χ0n) is 9.53. The molecule has 4 nitrogen and oxygen atoms in total. The summed E-state index contributed by atoms with van der Waals surface area (Å²) < 4.78 is 5.34. The van der Waals surface area contributed by atoms with E-state index in [0.717, 1.165) is 11.4 Å². The minimum atomic E-state index is -0.0147. The number of benzene rings is 1. The highest BCUT2D eigenvalue weighted by atomic mass is 16.5. The number of carbonyl (C=O) groups excluding carboxylic acids is 1. The SMILES string of the molecule is CCOc1cccc(NC(=O)CCCN)c1. The molecule has 0 atom stereocenters. The monoisotopic (exact) mass is 222 g/mol. The van der Waals surface area contributed by atoms with Crippen LogP contribution in [-0.2, 0) is 4.79 Å². The van der Waals surface area contributed by atoms with Gasteiger partial charge in [0, 0.05) is 18.2 Å². The van der Waals surface area contributed by atoms with Crippen molar-refractivity contribution in [3.8, 4) is 5.75 Å². The molecular formula is C12H18N2O2. The summed E-state index contributed by atoms with van der Waals surface area (Å²) in [5.41, 5.74) is 6.09. The standard InChI is InChI=1S/C12H18N2O2/c1-2-16-11-6-3-5-10(9-11)14-12(15)7-4-8-13/h3,5-6,9H,2,4,7-8,13H2,1H3,(H,14,15). The van der Waals surface area contributed by atoms with Crippen LogP contribution in [0.5, 0.6) is 5.75 Å². The number of amides is 1. The molecular weight excluding hydrogens is 204 g/mol. The molecule has 16 heavy (non-hydrogen) atoms. The third kappa shape index (κ3) is 4.31. The average molecular weight is 222 g/mol. The third-order valence-electron chi connectivity index (χ3n) is 2.04. The third-order valence-corrected chi connectivity index (χ3v) is 2.04. The maximum atomic E-state index is 11.4. The van der Waals surface area contributed by atoms with Crippen molar-refractivity contribution in [3.05, 3.63) is 24.3 Å². The summed E-state index contributed by atoms with van der Waals surface area (Å²) in [7, 11) is 0. The van der Waals surface area contributed by atoms with Gasteiger partial charge in [0.15, 0.2) is 0 Å². The van der Waals surface area contributed by atoms with Crippen LogP contribution in [0.15, 0.2) is 24.3 Å². The van der Waals surface area contributed by atoms with Gasteiger partial charge in [0.25, 0.3) is 0 Å². The van der Waals surface area contributed by atoms with E-state index < -0.39 is 0 Å². The van der Waals surface area contributed by atoms with Gasteiger partial charge in [-0.05, 0) is 32.0 Å². The minimum Gasteiger partial charge on any atom is -0.494 e. The van der Waals surface area contributed by atoms with Crippen LogP contribution in [0.1, 0.15) is 19.8 Å². The Morgan fingerprint density at radius 1 is 1.50 bits per heavy atom. The molecule has 1 aromatic carbocycles. The number of ether oxygens (including phenoxy) is 1. The lowest BCUT2D eigenvalue weighted by atomic mass is 10.2. The molecule has 88 valence electrons. The second-order valence-corrected chi connectivity index (χ2v) is 3.40. The Kier molecular flexibility index (Phi) is 5.36. The lowest BCUT2D eigenvalue weighted by Crippen LogP contribution is -2.13. The fraction of sp³-hybridized carbons (Fsp3) is 0.417. The fourth-order valence-electron chi connectivity index (χ4n) is 1.32. The molecule has 0 fully saturated rings. The van der Waals surface area contributed by atoms with Crippen LogP contribution in [0.2, 0.25) is 0 Å². The summed E-state index contributed by atoms with van der Waals surface area (Å²) in [6.07, 6.45) is 1.16. The highest BCUT2D eigenvalue weighted by Crippen LogP contribution is 2.17. The first-order chi connectivity index (χ1) is 7.76. The van der Waals surface area contributed by atoms with Crippen molar-refractivity contribution < 1.29 is 9.53 Å². The molecule has 0 heterocycles. The van der Waals surface area contributed by atoms with Crippen molar-refractivity contribution >= 4 is 11.6 Å². The van der Waals surface area contributed by atoms with E-state index in [0.29, 0.717) is 26.0 Å². The minimum absolute atomic E-state index is 0.0147. The van der Waals surface area contributed by atoms with E-state index in [1.165, 1.54) is 0 Å². The summed E-state index contributed by atoms with van der Waals surface area (Å²) in [5.74, 6) is 0.748. The molecule has 0 aromatic heterocycles. The molecule has 0 aliphatic rings. The first-order valence-electron chi connectivity index (χ1n) is 5.49. The molecule has 0 aliphatic heterocycles.